The Morgan fingerprint density at radius 2 is 1.78 bits per heavy atom. The molecule has 0 fully saturated rings. The molecule has 2 aromatic carbocycles. The van der Waals surface area contributed by atoms with Crippen molar-refractivity contribution in [2.75, 3.05) is 17.1 Å². The number of hydrazone groups is 1. The van der Waals surface area contributed by atoms with Crippen LogP contribution in [-0.4, -0.2) is 32.8 Å². The summed E-state index contributed by atoms with van der Waals surface area (Å²) in [6, 6.07) is 12.5. The Morgan fingerprint density at radius 1 is 1.15 bits per heavy atom. The molecule has 0 spiro atoms. The molecule has 0 aromatic heterocycles. The van der Waals surface area contributed by atoms with Gasteiger partial charge in [0.25, 0.3) is 5.91 Å². The van der Waals surface area contributed by atoms with Crippen molar-refractivity contribution in [3.8, 4) is 0 Å². The summed E-state index contributed by atoms with van der Waals surface area (Å²) < 4.78 is 25.5. The lowest BCUT2D eigenvalue weighted by molar-refractivity contribution is -0.119. The summed E-state index contributed by atoms with van der Waals surface area (Å²) in [4.78, 5) is 12.3. The smallest absolute Gasteiger partial charge is 0.260 e. The monoisotopic (exact) mass is 407 g/mol. The number of amides is 1. The van der Waals surface area contributed by atoms with Crippen LogP contribution >= 0.6 is 11.6 Å². The third-order valence-electron chi connectivity index (χ3n) is 3.93. The molecule has 0 aliphatic carbocycles. The van der Waals surface area contributed by atoms with Gasteiger partial charge in [0.15, 0.2) is 0 Å². The Labute approximate surface area is 164 Å². The largest absolute Gasteiger partial charge is 0.271 e. The van der Waals surface area contributed by atoms with Gasteiger partial charge in [-0.25, -0.2) is 13.8 Å². The second kappa shape index (κ2) is 8.54. The lowest BCUT2D eigenvalue weighted by Crippen LogP contribution is -2.39. The Morgan fingerprint density at radius 3 is 2.37 bits per heavy atom. The molecule has 0 aliphatic rings. The van der Waals surface area contributed by atoms with Crippen LogP contribution in [-0.2, 0) is 14.8 Å². The van der Waals surface area contributed by atoms with E-state index >= 15 is 0 Å². The number of halogens is 1. The molecule has 0 saturated carbocycles. The molecule has 0 saturated heterocycles. The van der Waals surface area contributed by atoms with E-state index < -0.39 is 15.9 Å². The number of hydrogen-bond acceptors (Lipinski definition) is 4. The van der Waals surface area contributed by atoms with E-state index in [9.17, 15) is 13.2 Å². The predicted molar refractivity (Wildman–Crippen MR) is 110 cm³/mol. The van der Waals surface area contributed by atoms with Gasteiger partial charge in [0.05, 0.1) is 17.7 Å². The van der Waals surface area contributed by atoms with Gasteiger partial charge in [-0.3, -0.25) is 9.10 Å². The third-order valence-corrected chi connectivity index (χ3v) is 5.31. The lowest BCUT2D eigenvalue weighted by atomic mass is 10.1. The van der Waals surface area contributed by atoms with E-state index in [0.29, 0.717) is 16.4 Å². The third kappa shape index (κ3) is 5.80. The zero-order chi connectivity index (χ0) is 20.2. The van der Waals surface area contributed by atoms with E-state index in [-0.39, 0.29) is 6.54 Å². The van der Waals surface area contributed by atoms with Crippen molar-refractivity contribution < 1.29 is 13.2 Å². The lowest BCUT2D eigenvalue weighted by Gasteiger charge is -2.23. The summed E-state index contributed by atoms with van der Waals surface area (Å²) in [6.45, 7) is 5.04. The molecule has 1 N–H and O–H groups in total. The normalized spacial score (nSPS) is 12.0. The van der Waals surface area contributed by atoms with Gasteiger partial charge in [0.2, 0.25) is 10.0 Å². The van der Waals surface area contributed by atoms with Crippen molar-refractivity contribution in [1.82, 2.24) is 5.43 Å². The van der Waals surface area contributed by atoms with Gasteiger partial charge in [-0.2, -0.15) is 5.10 Å². The first-order valence-electron chi connectivity index (χ1n) is 8.22. The van der Waals surface area contributed by atoms with E-state index in [1.165, 1.54) is 0 Å². The molecule has 27 heavy (non-hydrogen) atoms. The van der Waals surface area contributed by atoms with E-state index in [2.05, 4.69) is 10.5 Å². The number of carbonyl (C=O) groups is 1. The topological polar surface area (TPSA) is 78.8 Å². The number of aryl methyl sites for hydroxylation is 2. The van der Waals surface area contributed by atoms with E-state index in [0.717, 1.165) is 27.3 Å². The number of nitrogens with one attached hydrogen (secondary N) is 1. The molecule has 6 nitrogen and oxygen atoms in total. The number of nitrogens with zero attached hydrogens (tertiary/aromatic N) is 2. The first-order valence-corrected chi connectivity index (χ1v) is 10.4. The van der Waals surface area contributed by atoms with Gasteiger partial charge in [-0.05, 0) is 55.7 Å². The molecule has 0 radical (unpaired) electrons. The highest BCUT2D eigenvalue weighted by molar-refractivity contribution is 7.92. The van der Waals surface area contributed by atoms with Crippen molar-refractivity contribution in [2.24, 2.45) is 5.10 Å². The maximum atomic E-state index is 12.3. The number of rotatable bonds is 6. The molecule has 2 rings (SSSR count). The van der Waals surface area contributed by atoms with Gasteiger partial charge in [0.1, 0.15) is 6.54 Å². The molecule has 0 bridgehead atoms. The van der Waals surface area contributed by atoms with Crippen LogP contribution < -0.4 is 9.73 Å². The summed E-state index contributed by atoms with van der Waals surface area (Å²) >= 11 is 5.85. The standard InChI is InChI=1S/C19H22ClN3O3S/c1-13-5-6-14(2)18(11-13)23(27(4,25)26)12-19(24)22-21-15(3)16-7-9-17(20)10-8-16/h5-11H,12H2,1-4H3,(H,22,24)/b21-15-. The highest BCUT2D eigenvalue weighted by Crippen LogP contribution is 2.23. The number of anilines is 1. The second-order valence-electron chi connectivity index (χ2n) is 6.30. The van der Waals surface area contributed by atoms with Gasteiger partial charge in [-0.15, -0.1) is 0 Å². The van der Waals surface area contributed by atoms with Crippen LogP contribution in [0.25, 0.3) is 0 Å². The number of carbonyl (C=O) groups excluding carboxylic acids is 1. The minimum absolute atomic E-state index is 0.361. The molecule has 8 heteroatoms. The Bertz CT molecular complexity index is 970. The maximum absolute atomic E-state index is 12.3. The van der Waals surface area contributed by atoms with Gasteiger partial charge < -0.3 is 0 Å². The highest BCUT2D eigenvalue weighted by Gasteiger charge is 2.22. The molecule has 2 aromatic rings. The van der Waals surface area contributed by atoms with E-state index in [1.807, 2.05) is 19.1 Å². The molecule has 0 atom stereocenters. The van der Waals surface area contributed by atoms with Crippen molar-refractivity contribution in [1.29, 1.82) is 0 Å². The molecule has 0 unspecified atom stereocenters. The molecule has 1 amide bonds. The minimum Gasteiger partial charge on any atom is -0.271 e. The zero-order valence-corrected chi connectivity index (χ0v) is 17.2. The van der Waals surface area contributed by atoms with Crippen LogP contribution in [0, 0.1) is 13.8 Å². The van der Waals surface area contributed by atoms with Crippen molar-refractivity contribution >= 4 is 38.9 Å². The van der Waals surface area contributed by atoms with Crippen LogP contribution in [0.5, 0.6) is 0 Å². The Hall–Kier alpha value is -2.38. The Kier molecular flexibility index (Phi) is 6.62. The summed E-state index contributed by atoms with van der Waals surface area (Å²) in [7, 11) is -3.64. The fraction of sp³-hybridized carbons (Fsp3) is 0.263. The second-order valence-corrected chi connectivity index (χ2v) is 8.64. The van der Waals surface area contributed by atoms with Crippen LogP contribution in [0.15, 0.2) is 47.6 Å². The molecular formula is C19H22ClN3O3S. The quantitative estimate of drug-likeness (QED) is 0.589. The van der Waals surface area contributed by atoms with Crippen molar-refractivity contribution in [2.45, 2.75) is 20.8 Å². The van der Waals surface area contributed by atoms with Crippen LogP contribution in [0.2, 0.25) is 5.02 Å². The minimum atomic E-state index is -3.64. The summed E-state index contributed by atoms with van der Waals surface area (Å²) in [5.41, 5.74) is 5.94. The van der Waals surface area contributed by atoms with Gasteiger partial charge in [-0.1, -0.05) is 35.9 Å². The Balaban J connectivity index is 2.18. The predicted octanol–water partition coefficient (Wildman–Crippen LogP) is 3.26. The summed E-state index contributed by atoms with van der Waals surface area (Å²) in [5.74, 6) is -0.533. The van der Waals surface area contributed by atoms with Gasteiger partial charge >= 0.3 is 0 Å². The molecular weight excluding hydrogens is 386 g/mol. The van der Waals surface area contributed by atoms with Crippen LogP contribution in [0.3, 0.4) is 0 Å². The zero-order valence-electron chi connectivity index (χ0n) is 15.7. The molecule has 144 valence electrons. The SMILES string of the molecule is C/C(=N/NC(=O)CN(c1cc(C)ccc1C)S(C)(=O)=O)c1ccc(Cl)cc1. The van der Waals surface area contributed by atoms with Crippen molar-refractivity contribution in [3.63, 3.8) is 0 Å². The average molecular weight is 408 g/mol. The highest BCUT2D eigenvalue weighted by atomic mass is 35.5. The average Bonchev–Trinajstić information content (AvgIpc) is 2.59. The van der Waals surface area contributed by atoms with Gasteiger partial charge in [0, 0.05) is 5.02 Å². The molecule has 0 aliphatic heterocycles. The van der Waals surface area contributed by atoms with Crippen LogP contribution in [0.1, 0.15) is 23.6 Å². The van der Waals surface area contributed by atoms with Crippen molar-refractivity contribution in [3.05, 3.63) is 64.2 Å². The van der Waals surface area contributed by atoms with E-state index in [4.69, 9.17) is 11.6 Å². The fourth-order valence-electron chi connectivity index (χ4n) is 2.44. The fourth-order valence-corrected chi connectivity index (χ4v) is 3.47. The summed E-state index contributed by atoms with van der Waals surface area (Å²) in [5, 5.41) is 4.65. The summed E-state index contributed by atoms with van der Waals surface area (Å²) in [6.07, 6.45) is 1.07. The molecule has 0 heterocycles. The van der Waals surface area contributed by atoms with Crippen LogP contribution in [0.4, 0.5) is 5.69 Å². The number of benzene rings is 2. The number of hydrogen-bond donors (Lipinski definition) is 1. The maximum Gasteiger partial charge on any atom is 0.260 e. The van der Waals surface area contributed by atoms with E-state index in [1.54, 1.807) is 44.2 Å². The first kappa shape index (κ1) is 20.9. The first-order chi connectivity index (χ1) is 12.6. The number of sulfonamides is 1.